The summed E-state index contributed by atoms with van der Waals surface area (Å²) in [5.41, 5.74) is 0.631. The number of carbonyl (C=O) groups is 1. The lowest BCUT2D eigenvalue weighted by Gasteiger charge is -2.20. The van der Waals surface area contributed by atoms with Gasteiger partial charge >= 0.3 is 6.03 Å². The van der Waals surface area contributed by atoms with Crippen molar-refractivity contribution in [1.82, 2.24) is 10.2 Å². The van der Waals surface area contributed by atoms with E-state index in [1.807, 2.05) is 12.1 Å². The van der Waals surface area contributed by atoms with Gasteiger partial charge in [-0.25, -0.2) is 4.79 Å². The lowest BCUT2D eigenvalue weighted by molar-refractivity contribution is 0.243. The molecule has 1 aliphatic rings. The lowest BCUT2D eigenvalue weighted by atomic mass is 10.2. The van der Waals surface area contributed by atoms with E-state index in [0.29, 0.717) is 29.8 Å². The molecule has 0 saturated carbocycles. The van der Waals surface area contributed by atoms with Crippen molar-refractivity contribution in [1.29, 1.82) is 0 Å². The first-order valence-electron chi connectivity index (χ1n) is 9.15. The molecule has 0 aliphatic carbocycles. The van der Waals surface area contributed by atoms with Gasteiger partial charge in [0.05, 0.1) is 19.4 Å². The van der Waals surface area contributed by atoms with E-state index < -0.39 is 0 Å². The van der Waals surface area contributed by atoms with Gasteiger partial charge in [-0.2, -0.15) is 0 Å². The summed E-state index contributed by atoms with van der Waals surface area (Å²) in [5, 5.41) is 5.97. The van der Waals surface area contributed by atoms with E-state index >= 15 is 0 Å². The summed E-state index contributed by atoms with van der Waals surface area (Å²) >= 11 is 0. The van der Waals surface area contributed by atoms with Gasteiger partial charge in [-0.05, 0) is 38.8 Å². The molecule has 1 aromatic carbocycles. The van der Waals surface area contributed by atoms with E-state index in [2.05, 4.69) is 36.3 Å². The number of anilines is 1. The van der Waals surface area contributed by atoms with E-state index in [9.17, 15) is 4.79 Å². The number of methoxy groups -OCH3 is 1. The van der Waals surface area contributed by atoms with Crippen LogP contribution in [0.3, 0.4) is 0 Å². The Morgan fingerprint density at radius 2 is 2.20 bits per heavy atom. The molecule has 0 radical (unpaired) electrons. The smallest absolute Gasteiger partial charge is 0.319 e. The number of hydrogen-bond donors (Lipinski definition) is 2. The molecule has 1 aromatic rings. The second-order valence-electron chi connectivity index (χ2n) is 6.74. The highest BCUT2D eigenvalue weighted by Gasteiger charge is 2.25. The van der Waals surface area contributed by atoms with Gasteiger partial charge in [0.1, 0.15) is 11.5 Å². The van der Waals surface area contributed by atoms with Crippen molar-refractivity contribution in [3.63, 3.8) is 0 Å². The fraction of sp³-hybridized carbons (Fsp3) is 0.632. The number of amides is 2. The molecule has 2 N–H and O–H groups in total. The summed E-state index contributed by atoms with van der Waals surface area (Å²) < 4.78 is 11.0. The largest absolute Gasteiger partial charge is 0.497 e. The maximum atomic E-state index is 12.4. The summed E-state index contributed by atoms with van der Waals surface area (Å²) in [6, 6.07) is 5.94. The second kappa shape index (κ2) is 9.51. The van der Waals surface area contributed by atoms with E-state index in [1.165, 1.54) is 0 Å². The molecular formula is C19H31N3O3. The Labute approximate surface area is 150 Å². The lowest BCUT2D eigenvalue weighted by Crippen LogP contribution is -2.40. The number of likely N-dealkylation sites (tertiary alicyclic amines) is 1. The molecule has 1 atom stereocenters. The predicted molar refractivity (Wildman–Crippen MR) is 101 cm³/mol. The molecule has 1 saturated heterocycles. The summed E-state index contributed by atoms with van der Waals surface area (Å²) in [5.74, 6) is 1.35. The summed E-state index contributed by atoms with van der Waals surface area (Å²) in [7, 11) is 1.61. The molecule has 2 amide bonds. The third-order valence-corrected chi connectivity index (χ3v) is 4.48. The Balaban J connectivity index is 1.96. The summed E-state index contributed by atoms with van der Waals surface area (Å²) in [6.45, 7) is 9.02. The Hall–Kier alpha value is -1.95. The number of nitrogens with zero attached hydrogens (tertiary/aromatic N) is 1. The Bertz CT molecular complexity index is 563. The average molecular weight is 349 g/mol. The molecule has 0 spiro atoms. The van der Waals surface area contributed by atoms with Crippen LogP contribution in [0.2, 0.25) is 0 Å². The summed E-state index contributed by atoms with van der Waals surface area (Å²) in [6.07, 6.45) is 3.02. The van der Waals surface area contributed by atoms with Crippen LogP contribution in [0.1, 0.15) is 40.0 Å². The maximum Gasteiger partial charge on any atom is 0.319 e. The van der Waals surface area contributed by atoms with E-state index in [1.54, 1.807) is 13.2 Å². The minimum absolute atomic E-state index is 0.178. The van der Waals surface area contributed by atoms with Crippen molar-refractivity contribution >= 4 is 11.7 Å². The zero-order valence-electron chi connectivity index (χ0n) is 15.8. The monoisotopic (exact) mass is 349 g/mol. The molecule has 140 valence electrons. The van der Waals surface area contributed by atoms with Crippen LogP contribution in [0.4, 0.5) is 10.5 Å². The number of unbranched alkanes of at least 4 members (excludes halogenated alkanes) is 1. The first kappa shape index (κ1) is 19.4. The molecule has 25 heavy (non-hydrogen) atoms. The third kappa shape index (κ3) is 5.81. The Morgan fingerprint density at radius 1 is 1.40 bits per heavy atom. The van der Waals surface area contributed by atoms with E-state index in [0.717, 1.165) is 32.4 Å². The van der Waals surface area contributed by atoms with Gasteiger partial charge in [0, 0.05) is 31.2 Å². The molecule has 6 heteroatoms. The Morgan fingerprint density at radius 3 is 2.84 bits per heavy atom. The van der Waals surface area contributed by atoms with Crippen molar-refractivity contribution < 1.29 is 14.3 Å². The number of rotatable bonds is 8. The number of benzene rings is 1. The molecule has 1 unspecified atom stereocenters. The molecule has 1 aliphatic heterocycles. The highest BCUT2D eigenvalue weighted by atomic mass is 16.5. The van der Waals surface area contributed by atoms with Crippen LogP contribution in [0, 0.1) is 0 Å². The highest BCUT2D eigenvalue weighted by Crippen LogP contribution is 2.29. The number of nitrogens with one attached hydrogen (secondary N) is 2. The Kier molecular flexibility index (Phi) is 7.37. The molecule has 1 fully saturated rings. The van der Waals surface area contributed by atoms with Crippen LogP contribution >= 0.6 is 0 Å². The van der Waals surface area contributed by atoms with Crippen molar-refractivity contribution in [3.05, 3.63) is 18.2 Å². The zero-order chi connectivity index (χ0) is 18.2. The van der Waals surface area contributed by atoms with Crippen molar-refractivity contribution in [2.45, 2.75) is 52.1 Å². The van der Waals surface area contributed by atoms with Gasteiger partial charge in [-0.1, -0.05) is 13.3 Å². The molecule has 0 bridgehead atoms. The van der Waals surface area contributed by atoms with E-state index in [-0.39, 0.29) is 12.1 Å². The molecule has 6 nitrogen and oxygen atoms in total. The standard InChI is InChI=1S/C19H31N3O3/c1-5-6-11-25-18-8-7-16(24-4)12-17(18)21-19(23)20-15-9-10-22(13-15)14(2)3/h7-8,12,14-15H,5-6,9-11,13H2,1-4H3,(H2,20,21,23). The van der Waals surface area contributed by atoms with Crippen LogP contribution in [-0.2, 0) is 0 Å². The number of carbonyl (C=O) groups excluding carboxylic acids is 1. The predicted octanol–water partition coefficient (Wildman–Crippen LogP) is 3.48. The van der Waals surface area contributed by atoms with Crippen LogP contribution in [0.5, 0.6) is 11.5 Å². The average Bonchev–Trinajstić information content (AvgIpc) is 3.05. The van der Waals surface area contributed by atoms with Crippen LogP contribution in [-0.4, -0.2) is 49.8 Å². The van der Waals surface area contributed by atoms with Gasteiger partial charge < -0.3 is 20.1 Å². The van der Waals surface area contributed by atoms with Gasteiger partial charge in [-0.15, -0.1) is 0 Å². The highest BCUT2D eigenvalue weighted by molar-refractivity contribution is 5.91. The molecular weight excluding hydrogens is 318 g/mol. The fourth-order valence-electron chi connectivity index (χ4n) is 2.90. The van der Waals surface area contributed by atoms with Crippen molar-refractivity contribution in [2.75, 3.05) is 32.1 Å². The van der Waals surface area contributed by atoms with Gasteiger partial charge in [0.15, 0.2) is 0 Å². The number of ether oxygens (including phenoxy) is 2. The second-order valence-corrected chi connectivity index (χ2v) is 6.74. The SMILES string of the molecule is CCCCOc1ccc(OC)cc1NC(=O)NC1CCN(C(C)C)C1. The van der Waals surface area contributed by atoms with E-state index in [4.69, 9.17) is 9.47 Å². The van der Waals surface area contributed by atoms with Gasteiger partial charge in [0.2, 0.25) is 0 Å². The zero-order valence-corrected chi connectivity index (χ0v) is 15.8. The van der Waals surface area contributed by atoms with Gasteiger partial charge in [-0.3, -0.25) is 4.90 Å². The topological polar surface area (TPSA) is 62.8 Å². The quantitative estimate of drug-likeness (QED) is 0.705. The minimum atomic E-state index is -0.204. The van der Waals surface area contributed by atoms with Crippen molar-refractivity contribution in [3.8, 4) is 11.5 Å². The van der Waals surface area contributed by atoms with Crippen LogP contribution in [0.15, 0.2) is 18.2 Å². The molecule has 0 aromatic heterocycles. The first-order valence-corrected chi connectivity index (χ1v) is 9.15. The number of hydrogen-bond acceptors (Lipinski definition) is 4. The number of urea groups is 1. The maximum absolute atomic E-state index is 12.4. The van der Waals surface area contributed by atoms with Crippen LogP contribution < -0.4 is 20.1 Å². The van der Waals surface area contributed by atoms with Gasteiger partial charge in [0.25, 0.3) is 0 Å². The minimum Gasteiger partial charge on any atom is -0.497 e. The normalized spacial score (nSPS) is 17.6. The van der Waals surface area contributed by atoms with Crippen LogP contribution in [0.25, 0.3) is 0 Å². The summed E-state index contributed by atoms with van der Waals surface area (Å²) in [4.78, 5) is 14.8. The molecule has 1 heterocycles. The fourth-order valence-corrected chi connectivity index (χ4v) is 2.90. The van der Waals surface area contributed by atoms with Crippen molar-refractivity contribution in [2.24, 2.45) is 0 Å². The third-order valence-electron chi connectivity index (χ3n) is 4.48. The molecule has 2 rings (SSSR count). The first-order chi connectivity index (χ1) is 12.0.